The SMILES string of the molecule is Cc1cn2cc(C(=O)N3CC4CCCC4(CO)C3)ccc2n1. The van der Waals surface area contributed by atoms with E-state index in [4.69, 9.17) is 0 Å². The van der Waals surface area contributed by atoms with Gasteiger partial charge in [-0.25, -0.2) is 4.98 Å². The third-order valence-electron chi connectivity index (χ3n) is 5.46. The fraction of sp³-hybridized carbons (Fsp3) is 0.529. The van der Waals surface area contributed by atoms with Crippen LogP contribution in [0.2, 0.25) is 0 Å². The van der Waals surface area contributed by atoms with Crippen LogP contribution in [0.15, 0.2) is 24.5 Å². The van der Waals surface area contributed by atoms with Gasteiger partial charge in [0.25, 0.3) is 5.91 Å². The Bertz CT molecular complexity index is 739. The number of aryl methyl sites for hydroxylation is 1. The van der Waals surface area contributed by atoms with E-state index in [0.29, 0.717) is 18.0 Å². The van der Waals surface area contributed by atoms with Gasteiger partial charge in [0.15, 0.2) is 0 Å². The number of carbonyl (C=O) groups is 1. The summed E-state index contributed by atoms with van der Waals surface area (Å²) in [5.74, 6) is 0.524. The average molecular weight is 299 g/mol. The molecule has 1 saturated heterocycles. The summed E-state index contributed by atoms with van der Waals surface area (Å²) in [7, 11) is 0. The van der Waals surface area contributed by atoms with Crippen LogP contribution in [-0.2, 0) is 0 Å². The van der Waals surface area contributed by atoms with Gasteiger partial charge < -0.3 is 14.4 Å². The monoisotopic (exact) mass is 299 g/mol. The molecule has 116 valence electrons. The maximum atomic E-state index is 12.8. The standard InChI is InChI=1S/C17H21N3O2/c1-12-7-19-8-13(4-5-15(19)18-12)16(22)20-9-14-3-2-6-17(14,10-20)11-21/h4-5,7-8,14,21H,2-3,6,9-11H2,1H3. The van der Waals surface area contributed by atoms with Crippen LogP contribution in [0.1, 0.15) is 35.3 Å². The number of hydrogen-bond acceptors (Lipinski definition) is 3. The molecule has 0 bridgehead atoms. The van der Waals surface area contributed by atoms with E-state index in [-0.39, 0.29) is 17.9 Å². The first-order valence-electron chi connectivity index (χ1n) is 7.97. The minimum Gasteiger partial charge on any atom is -0.396 e. The first-order valence-corrected chi connectivity index (χ1v) is 7.97. The summed E-state index contributed by atoms with van der Waals surface area (Å²) in [4.78, 5) is 19.1. The zero-order valence-corrected chi connectivity index (χ0v) is 12.8. The second-order valence-corrected chi connectivity index (χ2v) is 6.86. The maximum Gasteiger partial charge on any atom is 0.255 e. The van der Waals surface area contributed by atoms with Crippen LogP contribution in [0.5, 0.6) is 0 Å². The topological polar surface area (TPSA) is 57.8 Å². The molecule has 4 rings (SSSR count). The highest BCUT2D eigenvalue weighted by Gasteiger charge is 2.50. The molecule has 3 heterocycles. The van der Waals surface area contributed by atoms with Crippen molar-refractivity contribution in [2.24, 2.45) is 11.3 Å². The van der Waals surface area contributed by atoms with E-state index in [0.717, 1.165) is 30.7 Å². The molecule has 1 aliphatic heterocycles. The van der Waals surface area contributed by atoms with Crippen molar-refractivity contribution in [2.45, 2.75) is 26.2 Å². The highest BCUT2D eigenvalue weighted by atomic mass is 16.3. The van der Waals surface area contributed by atoms with Gasteiger partial charge in [-0.05, 0) is 37.8 Å². The number of hydrogen-bond donors (Lipinski definition) is 1. The van der Waals surface area contributed by atoms with Gasteiger partial charge in [-0.1, -0.05) is 6.42 Å². The van der Waals surface area contributed by atoms with Crippen LogP contribution in [0.3, 0.4) is 0 Å². The molecule has 2 aromatic heterocycles. The molecule has 0 aromatic carbocycles. The van der Waals surface area contributed by atoms with Crippen LogP contribution in [0.4, 0.5) is 0 Å². The maximum absolute atomic E-state index is 12.8. The Balaban J connectivity index is 1.61. The molecule has 2 fully saturated rings. The molecule has 0 radical (unpaired) electrons. The third-order valence-corrected chi connectivity index (χ3v) is 5.46. The van der Waals surface area contributed by atoms with E-state index in [1.807, 2.05) is 40.8 Å². The molecule has 22 heavy (non-hydrogen) atoms. The number of amides is 1. The van der Waals surface area contributed by atoms with Gasteiger partial charge in [0.2, 0.25) is 0 Å². The number of likely N-dealkylation sites (tertiary alicyclic amines) is 1. The highest BCUT2D eigenvalue weighted by Crippen LogP contribution is 2.48. The zero-order chi connectivity index (χ0) is 15.3. The number of rotatable bonds is 2. The Morgan fingerprint density at radius 1 is 1.45 bits per heavy atom. The lowest BCUT2D eigenvalue weighted by Gasteiger charge is -2.25. The third kappa shape index (κ3) is 1.96. The number of imidazole rings is 1. The van der Waals surface area contributed by atoms with Crippen molar-refractivity contribution in [1.29, 1.82) is 0 Å². The Hall–Kier alpha value is -1.88. The fourth-order valence-corrected chi connectivity index (χ4v) is 4.26. The summed E-state index contributed by atoms with van der Waals surface area (Å²) in [6, 6.07) is 3.74. The number of carbonyl (C=O) groups excluding carboxylic acids is 1. The van der Waals surface area contributed by atoms with Gasteiger partial charge in [-0.3, -0.25) is 4.79 Å². The smallest absolute Gasteiger partial charge is 0.255 e. The van der Waals surface area contributed by atoms with Crippen molar-refractivity contribution in [3.05, 3.63) is 35.8 Å². The first kappa shape index (κ1) is 13.8. The van der Waals surface area contributed by atoms with Gasteiger partial charge in [0.05, 0.1) is 17.9 Å². The van der Waals surface area contributed by atoms with Crippen molar-refractivity contribution < 1.29 is 9.90 Å². The number of aliphatic hydroxyl groups excluding tert-OH is 1. The van der Waals surface area contributed by atoms with Crippen LogP contribution < -0.4 is 0 Å². The van der Waals surface area contributed by atoms with Crippen LogP contribution in [0.25, 0.3) is 5.65 Å². The van der Waals surface area contributed by atoms with E-state index in [1.54, 1.807) is 0 Å². The molecule has 2 aliphatic rings. The van der Waals surface area contributed by atoms with E-state index in [9.17, 15) is 9.90 Å². The quantitative estimate of drug-likeness (QED) is 0.921. The molecular weight excluding hydrogens is 278 g/mol. The lowest BCUT2D eigenvalue weighted by molar-refractivity contribution is 0.0734. The highest BCUT2D eigenvalue weighted by molar-refractivity contribution is 5.94. The van der Waals surface area contributed by atoms with E-state index in [1.165, 1.54) is 6.42 Å². The van der Waals surface area contributed by atoms with E-state index in [2.05, 4.69) is 4.98 Å². The van der Waals surface area contributed by atoms with Crippen molar-refractivity contribution in [3.63, 3.8) is 0 Å². The van der Waals surface area contributed by atoms with Gasteiger partial charge in [-0.2, -0.15) is 0 Å². The number of aliphatic hydroxyl groups is 1. The fourth-order valence-electron chi connectivity index (χ4n) is 4.26. The van der Waals surface area contributed by atoms with Gasteiger partial charge >= 0.3 is 0 Å². The summed E-state index contributed by atoms with van der Waals surface area (Å²) in [5.41, 5.74) is 2.45. The number of fused-ring (bicyclic) bond motifs is 2. The first-order chi connectivity index (χ1) is 10.6. The number of nitrogens with zero attached hydrogens (tertiary/aromatic N) is 3. The Morgan fingerprint density at radius 3 is 3.09 bits per heavy atom. The minimum atomic E-state index is -0.0502. The van der Waals surface area contributed by atoms with Gasteiger partial charge in [-0.15, -0.1) is 0 Å². The Kier molecular flexibility index (Phi) is 3.01. The Morgan fingerprint density at radius 2 is 2.32 bits per heavy atom. The van der Waals surface area contributed by atoms with Crippen molar-refractivity contribution in [2.75, 3.05) is 19.7 Å². The molecular formula is C17H21N3O2. The normalized spacial score (nSPS) is 27.5. The summed E-state index contributed by atoms with van der Waals surface area (Å²) >= 11 is 0. The zero-order valence-electron chi connectivity index (χ0n) is 12.8. The molecule has 1 saturated carbocycles. The van der Waals surface area contributed by atoms with E-state index >= 15 is 0 Å². The molecule has 2 atom stereocenters. The molecule has 1 amide bonds. The predicted octanol–water partition coefficient (Wildman–Crippen LogP) is 1.88. The van der Waals surface area contributed by atoms with E-state index < -0.39 is 0 Å². The Labute approximate surface area is 129 Å². The number of pyridine rings is 1. The molecule has 0 spiro atoms. The predicted molar refractivity (Wildman–Crippen MR) is 82.7 cm³/mol. The molecule has 2 unspecified atom stereocenters. The lowest BCUT2D eigenvalue weighted by atomic mass is 9.82. The average Bonchev–Trinajstić information content (AvgIpc) is 3.15. The summed E-state index contributed by atoms with van der Waals surface area (Å²) in [6.07, 6.45) is 7.13. The molecule has 1 aliphatic carbocycles. The summed E-state index contributed by atoms with van der Waals surface area (Å²) in [5, 5.41) is 9.79. The van der Waals surface area contributed by atoms with Crippen LogP contribution in [-0.4, -0.2) is 45.0 Å². The second-order valence-electron chi connectivity index (χ2n) is 6.86. The van der Waals surface area contributed by atoms with Crippen LogP contribution in [0, 0.1) is 18.3 Å². The second kappa shape index (κ2) is 4.81. The van der Waals surface area contributed by atoms with Gasteiger partial charge in [0.1, 0.15) is 5.65 Å². The minimum absolute atomic E-state index is 0.0502. The lowest BCUT2D eigenvalue weighted by Crippen LogP contribution is -2.34. The van der Waals surface area contributed by atoms with Crippen molar-refractivity contribution in [1.82, 2.24) is 14.3 Å². The summed E-state index contributed by atoms with van der Waals surface area (Å²) < 4.78 is 1.90. The molecule has 5 heteroatoms. The van der Waals surface area contributed by atoms with Crippen molar-refractivity contribution in [3.8, 4) is 0 Å². The van der Waals surface area contributed by atoms with Crippen molar-refractivity contribution >= 4 is 11.6 Å². The molecule has 1 N–H and O–H groups in total. The largest absolute Gasteiger partial charge is 0.396 e. The molecule has 2 aromatic rings. The number of aromatic nitrogens is 2. The van der Waals surface area contributed by atoms with Crippen LogP contribution >= 0.6 is 0 Å². The van der Waals surface area contributed by atoms with Gasteiger partial charge in [0, 0.05) is 30.9 Å². The molecule has 5 nitrogen and oxygen atoms in total. The summed E-state index contributed by atoms with van der Waals surface area (Å²) in [6.45, 7) is 3.61.